The summed E-state index contributed by atoms with van der Waals surface area (Å²) in [5.74, 6) is 1.23. The highest BCUT2D eigenvalue weighted by Gasteiger charge is 2.24. The molecule has 0 aliphatic heterocycles. The number of rotatable bonds is 5. The van der Waals surface area contributed by atoms with Gasteiger partial charge in [-0.05, 0) is 38.1 Å². The molecule has 0 saturated heterocycles. The number of hydrogen-bond donors (Lipinski definition) is 1. The molecule has 0 radical (unpaired) electrons. The average Bonchev–Trinajstić information content (AvgIpc) is 2.76. The molecule has 0 aromatic carbocycles. The summed E-state index contributed by atoms with van der Waals surface area (Å²) in [5, 5.41) is 7.53. The number of aromatic nitrogens is 2. The largest absolute Gasteiger partial charge is 0.375 e. The van der Waals surface area contributed by atoms with Gasteiger partial charge in [-0.15, -0.1) is 0 Å². The summed E-state index contributed by atoms with van der Waals surface area (Å²) in [6.45, 7) is 3.91. The maximum atomic E-state index is 5.79. The number of nitrogens with two attached hydrogens (primary N) is 1. The van der Waals surface area contributed by atoms with Crippen molar-refractivity contribution in [3.05, 3.63) is 11.4 Å². The Kier molecular flexibility index (Phi) is 4.50. The fraction of sp³-hybridized carbons (Fsp3) is 0.833. The lowest BCUT2D eigenvalue weighted by Crippen LogP contribution is -2.29. The third-order valence-electron chi connectivity index (χ3n) is 3.69. The first kappa shape index (κ1) is 12.5. The van der Waals surface area contributed by atoms with Crippen LogP contribution in [0.2, 0.25) is 0 Å². The molecule has 2 atom stereocenters. The van der Waals surface area contributed by atoms with Crippen LogP contribution in [0.25, 0.3) is 0 Å². The minimum Gasteiger partial charge on any atom is -0.375 e. The van der Waals surface area contributed by atoms with Gasteiger partial charge in [0, 0.05) is 0 Å². The lowest BCUT2D eigenvalue weighted by atomic mass is 9.80. The Balaban J connectivity index is 1.75. The van der Waals surface area contributed by atoms with Gasteiger partial charge in [-0.1, -0.05) is 23.2 Å². The van der Waals surface area contributed by atoms with E-state index in [1.165, 1.54) is 25.7 Å². The number of aryl methyl sites for hydroxylation is 1. The van der Waals surface area contributed by atoms with Crippen molar-refractivity contribution in [2.75, 3.05) is 13.2 Å². The van der Waals surface area contributed by atoms with Crippen LogP contribution in [0.4, 0.5) is 0 Å². The van der Waals surface area contributed by atoms with Crippen molar-refractivity contribution >= 4 is 0 Å². The summed E-state index contributed by atoms with van der Waals surface area (Å²) in [6.07, 6.45) is 5.09. The molecule has 0 spiro atoms. The van der Waals surface area contributed by atoms with E-state index >= 15 is 0 Å². The van der Waals surface area contributed by atoms with Crippen LogP contribution >= 0.6 is 0 Å². The van der Waals surface area contributed by atoms with E-state index in [1.54, 1.807) is 0 Å². The molecule has 1 fully saturated rings. The van der Waals surface area contributed by atoms with Crippen LogP contribution in [0.5, 0.6) is 0 Å². The number of ether oxygens (including phenoxy) is 1. The predicted molar refractivity (Wildman–Crippen MR) is 63.2 cm³/mol. The quantitative estimate of drug-likeness (QED) is 0.845. The lowest BCUT2D eigenvalue weighted by Gasteiger charge is -2.30. The fourth-order valence-electron chi connectivity index (χ4n) is 2.50. The minimum absolute atomic E-state index is 0.489. The molecule has 1 aromatic rings. The van der Waals surface area contributed by atoms with Crippen molar-refractivity contribution in [1.82, 2.24) is 10.3 Å². The summed E-state index contributed by atoms with van der Waals surface area (Å²) in [4.78, 5) is 0. The first-order chi connectivity index (χ1) is 8.31. The molecular formula is C12H21N3O2. The van der Waals surface area contributed by atoms with E-state index in [1.807, 2.05) is 6.92 Å². The molecule has 2 N–H and O–H groups in total. The van der Waals surface area contributed by atoms with Gasteiger partial charge in [-0.25, -0.2) is 4.63 Å². The van der Waals surface area contributed by atoms with Gasteiger partial charge in [0.2, 0.25) is 0 Å². The second-order valence-electron chi connectivity index (χ2n) is 4.85. The van der Waals surface area contributed by atoms with Crippen LogP contribution in [0.15, 0.2) is 4.63 Å². The van der Waals surface area contributed by atoms with Gasteiger partial charge in [-0.3, -0.25) is 0 Å². The van der Waals surface area contributed by atoms with E-state index in [4.69, 9.17) is 10.5 Å². The van der Waals surface area contributed by atoms with Gasteiger partial charge in [0.25, 0.3) is 0 Å². The molecular weight excluding hydrogens is 218 g/mol. The highest BCUT2D eigenvalue weighted by atomic mass is 16.6. The zero-order chi connectivity index (χ0) is 12.1. The summed E-state index contributed by atoms with van der Waals surface area (Å²) in [7, 11) is 0. The Morgan fingerprint density at radius 2 is 2.06 bits per heavy atom. The highest BCUT2D eigenvalue weighted by molar-refractivity contribution is 5.02. The Morgan fingerprint density at radius 3 is 2.71 bits per heavy atom. The normalized spacial score (nSPS) is 25.1. The molecule has 96 valence electrons. The highest BCUT2D eigenvalue weighted by Crippen LogP contribution is 2.29. The van der Waals surface area contributed by atoms with E-state index in [2.05, 4.69) is 14.9 Å². The van der Waals surface area contributed by atoms with Crippen molar-refractivity contribution in [3.8, 4) is 0 Å². The SMILES string of the molecule is Cc1nonc1COCC1CCCCC1CN. The predicted octanol–water partition coefficient (Wildman–Crippen LogP) is 1.66. The maximum absolute atomic E-state index is 5.79. The summed E-state index contributed by atoms with van der Waals surface area (Å²) < 4.78 is 10.3. The van der Waals surface area contributed by atoms with Gasteiger partial charge < -0.3 is 10.5 Å². The maximum Gasteiger partial charge on any atom is 0.133 e. The van der Waals surface area contributed by atoms with Crippen molar-refractivity contribution in [3.63, 3.8) is 0 Å². The van der Waals surface area contributed by atoms with Gasteiger partial charge in [-0.2, -0.15) is 0 Å². The van der Waals surface area contributed by atoms with Crippen LogP contribution in [-0.4, -0.2) is 23.5 Å². The molecule has 2 unspecified atom stereocenters. The third kappa shape index (κ3) is 3.26. The topological polar surface area (TPSA) is 74.2 Å². The molecule has 1 aromatic heterocycles. The molecule has 17 heavy (non-hydrogen) atoms. The molecule has 5 nitrogen and oxygen atoms in total. The van der Waals surface area contributed by atoms with Crippen molar-refractivity contribution in [2.24, 2.45) is 17.6 Å². The van der Waals surface area contributed by atoms with Crippen LogP contribution in [-0.2, 0) is 11.3 Å². The van der Waals surface area contributed by atoms with E-state index in [9.17, 15) is 0 Å². The fourth-order valence-corrected chi connectivity index (χ4v) is 2.50. The lowest BCUT2D eigenvalue weighted by molar-refractivity contribution is 0.0482. The van der Waals surface area contributed by atoms with Crippen molar-refractivity contribution in [1.29, 1.82) is 0 Å². The Bertz CT molecular complexity index is 340. The molecule has 0 amide bonds. The third-order valence-corrected chi connectivity index (χ3v) is 3.69. The average molecular weight is 239 g/mol. The smallest absolute Gasteiger partial charge is 0.133 e. The molecule has 1 heterocycles. The molecule has 5 heteroatoms. The molecule has 1 aliphatic carbocycles. The molecule has 0 bridgehead atoms. The monoisotopic (exact) mass is 239 g/mol. The van der Waals surface area contributed by atoms with Gasteiger partial charge >= 0.3 is 0 Å². The molecule has 1 aliphatic rings. The Hall–Kier alpha value is -0.940. The van der Waals surface area contributed by atoms with Gasteiger partial charge in [0.15, 0.2) is 0 Å². The zero-order valence-electron chi connectivity index (χ0n) is 10.4. The van der Waals surface area contributed by atoms with E-state index in [0.29, 0.717) is 18.4 Å². The van der Waals surface area contributed by atoms with Crippen LogP contribution in [0.1, 0.15) is 37.1 Å². The van der Waals surface area contributed by atoms with Crippen LogP contribution < -0.4 is 5.73 Å². The zero-order valence-corrected chi connectivity index (χ0v) is 10.4. The van der Waals surface area contributed by atoms with E-state index < -0.39 is 0 Å². The van der Waals surface area contributed by atoms with Crippen LogP contribution in [0.3, 0.4) is 0 Å². The number of hydrogen-bond acceptors (Lipinski definition) is 5. The van der Waals surface area contributed by atoms with E-state index in [-0.39, 0.29) is 0 Å². The summed E-state index contributed by atoms with van der Waals surface area (Å²) >= 11 is 0. The second-order valence-corrected chi connectivity index (χ2v) is 4.85. The standard InChI is InChI=1S/C12H21N3O2/c1-9-12(15-17-14-9)8-16-7-11-5-3-2-4-10(11)6-13/h10-11H,2-8,13H2,1H3. The first-order valence-electron chi connectivity index (χ1n) is 6.37. The first-order valence-corrected chi connectivity index (χ1v) is 6.37. The Labute approximate surface area is 102 Å². The van der Waals surface area contributed by atoms with E-state index in [0.717, 1.165) is 24.5 Å². The number of nitrogens with zero attached hydrogens (tertiary/aromatic N) is 2. The van der Waals surface area contributed by atoms with Crippen LogP contribution in [0, 0.1) is 18.8 Å². The van der Waals surface area contributed by atoms with Gasteiger partial charge in [0.05, 0.1) is 13.2 Å². The molecule has 1 saturated carbocycles. The summed E-state index contributed by atoms with van der Waals surface area (Å²) in [5.41, 5.74) is 7.40. The van der Waals surface area contributed by atoms with Gasteiger partial charge in [0.1, 0.15) is 11.4 Å². The van der Waals surface area contributed by atoms with Crippen molar-refractivity contribution in [2.45, 2.75) is 39.2 Å². The summed E-state index contributed by atoms with van der Waals surface area (Å²) in [6, 6.07) is 0. The van der Waals surface area contributed by atoms with Crippen molar-refractivity contribution < 1.29 is 9.37 Å². The Morgan fingerprint density at radius 1 is 1.29 bits per heavy atom. The minimum atomic E-state index is 0.489. The second kappa shape index (κ2) is 6.12. The molecule has 2 rings (SSSR count).